The molecule has 1 rings (SSSR count). The Morgan fingerprint density at radius 3 is 2.25 bits per heavy atom. The standard InChI is InChI=1S/C11H16N6O3/c12-9(18)5-17(6-10(13)19)4-7-2-1-3-8(15-7)11(20)16-14/h1-3H,4-6,14H2,(H2,12,18)(H2,13,19)(H,16,20). The average Bonchev–Trinajstić information content (AvgIpc) is 2.36. The number of primary amides is 2. The predicted molar refractivity (Wildman–Crippen MR) is 69.6 cm³/mol. The van der Waals surface area contributed by atoms with E-state index in [1.165, 1.54) is 11.0 Å². The Labute approximate surface area is 115 Å². The van der Waals surface area contributed by atoms with Crippen LogP contribution in [0.15, 0.2) is 18.2 Å². The monoisotopic (exact) mass is 280 g/mol. The Hall–Kier alpha value is -2.52. The van der Waals surface area contributed by atoms with Crippen LogP contribution in [0.4, 0.5) is 0 Å². The molecule has 0 fully saturated rings. The van der Waals surface area contributed by atoms with E-state index >= 15 is 0 Å². The van der Waals surface area contributed by atoms with Crippen molar-refractivity contribution < 1.29 is 14.4 Å². The number of nitrogens with one attached hydrogen (secondary N) is 1. The quantitative estimate of drug-likeness (QED) is 0.245. The van der Waals surface area contributed by atoms with Crippen molar-refractivity contribution in [2.75, 3.05) is 13.1 Å². The fourth-order valence-corrected chi connectivity index (χ4v) is 1.61. The highest BCUT2D eigenvalue weighted by Gasteiger charge is 2.13. The first kappa shape index (κ1) is 15.5. The fourth-order valence-electron chi connectivity index (χ4n) is 1.61. The van der Waals surface area contributed by atoms with E-state index < -0.39 is 17.7 Å². The van der Waals surface area contributed by atoms with Gasteiger partial charge in [-0.2, -0.15) is 0 Å². The summed E-state index contributed by atoms with van der Waals surface area (Å²) >= 11 is 0. The lowest BCUT2D eigenvalue weighted by molar-refractivity contribution is -0.122. The number of nitrogens with zero attached hydrogens (tertiary/aromatic N) is 2. The van der Waals surface area contributed by atoms with Crippen LogP contribution in [-0.4, -0.2) is 40.7 Å². The second-order valence-corrected chi connectivity index (χ2v) is 4.07. The highest BCUT2D eigenvalue weighted by molar-refractivity contribution is 5.91. The lowest BCUT2D eigenvalue weighted by Crippen LogP contribution is -2.39. The summed E-state index contributed by atoms with van der Waals surface area (Å²) in [4.78, 5) is 38.7. The highest BCUT2D eigenvalue weighted by atomic mass is 16.2. The minimum Gasteiger partial charge on any atom is -0.369 e. The molecule has 1 heterocycles. The van der Waals surface area contributed by atoms with Crippen LogP contribution < -0.4 is 22.7 Å². The molecule has 1 aromatic rings. The van der Waals surface area contributed by atoms with Crippen molar-refractivity contribution in [1.29, 1.82) is 0 Å². The van der Waals surface area contributed by atoms with Crippen molar-refractivity contribution in [2.45, 2.75) is 6.54 Å². The Bertz CT molecular complexity index is 503. The number of carbonyl (C=O) groups is 3. The summed E-state index contributed by atoms with van der Waals surface area (Å²) < 4.78 is 0. The van der Waals surface area contributed by atoms with E-state index in [1.54, 1.807) is 12.1 Å². The SMILES string of the molecule is NNC(=O)c1cccc(CN(CC(N)=O)CC(N)=O)n1. The van der Waals surface area contributed by atoms with Crippen LogP contribution in [0.1, 0.15) is 16.2 Å². The number of hydrogen-bond acceptors (Lipinski definition) is 6. The molecule has 0 aliphatic carbocycles. The van der Waals surface area contributed by atoms with E-state index in [2.05, 4.69) is 4.98 Å². The third kappa shape index (κ3) is 5.00. The molecular weight excluding hydrogens is 264 g/mol. The maximum atomic E-state index is 11.3. The topological polar surface area (TPSA) is 157 Å². The van der Waals surface area contributed by atoms with Crippen LogP contribution in [0, 0.1) is 0 Å². The third-order valence-corrected chi connectivity index (χ3v) is 2.31. The number of carbonyl (C=O) groups excluding carboxylic acids is 3. The fraction of sp³-hybridized carbons (Fsp3) is 0.273. The lowest BCUT2D eigenvalue weighted by Gasteiger charge is -2.18. The summed E-state index contributed by atoms with van der Waals surface area (Å²) in [5.74, 6) is 3.29. The van der Waals surface area contributed by atoms with Crippen molar-refractivity contribution in [2.24, 2.45) is 17.3 Å². The maximum Gasteiger partial charge on any atom is 0.283 e. The van der Waals surface area contributed by atoms with Gasteiger partial charge in [-0.25, -0.2) is 10.8 Å². The Morgan fingerprint density at radius 2 is 1.75 bits per heavy atom. The molecule has 3 amide bonds. The Balaban J connectivity index is 2.84. The van der Waals surface area contributed by atoms with E-state index in [9.17, 15) is 14.4 Å². The van der Waals surface area contributed by atoms with Crippen LogP contribution >= 0.6 is 0 Å². The van der Waals surface area contributed by atoms with Crippen molar-refractivity contribution >= 4 is 17.7 Å². The van der Waals surface area contributed by atoms with Crippen LogP contribution in [-0.2, 0) is 16.1 Å². The van der Waals surface area contributed by atoms with Crippen LogP contribution in [0.25, 0.3) is 0 Å². The van der Waals surface area contributed by atoms with E-state index in [0.717, 1.165) is 0 Å². The van der Waals surface area contributed by atoms with Crippen molar-refractivity contribution in [3.05, 3.63) is 29.6 Å². The number of nitrogens with two attached hydrogens (primary N) is 3. The van der Waals surface area contributed by atoms with E-state index in [0.29, 0.717) is 5.69 Å². The van der Waals surface area contributed by atoms with Gasteiger partial charge in [0, 0.05) is 6.54 Å². The average molecular weight is 280 g/mol. The molecule has 0 atom stereocenters. The molecule has 0 aliphatic rings. The highest BCUT2D eigenvalue weighted by Crippen LogP contribution is 2.03. The molecule has 0 spiro atoms. The summed E-state index contributed by atoms with van der Waals surface area (Å²) in [5, 5.41) is 0. The summed E-state index contributed by atoms with van der Waals surface area (Å²) in [6.07, 6.45) is 0. The smallest absolute Gasteiger partial charge is 0.283 e. The Kier molecular flexibility index (Phi) is 5.56. The zero-order valence-electron chi connectivity index (χ0n) is 10.7. The largest absolute Gasteiger partial charge is 0.369 e. The summed E-state index contributed by atoms with van der Waals surface area (Å²) in [7, 11) is 0. The molecule has 9 nitrogen and oxygen atoms in total. The van der Waals surface area contributed by atoms with Gasteiger partial charge in [0.15, 0.2) is 0 Å². The molecule has 0 saturated carbocycles. The van der Waals surface area contributed by atoms with Gasteiger partial charge in [-0.05, 0) is 12.1 Å². The number of rotatable bonds is 7. The molecule has 0 aromatic carbocycles. The molecule has 1 aromatic heterocycles. The molecule has 7 N–H and O–H groups in total. The first-order valence-electron chi connectivity index (χ1n) is 5.68. The molecule has 9 heteroatoms. The number of aromatic nitrogens is 1. The molecule has 108 valence electrons. The van der Waals surface area contributed by atoms with Crippen LogP contribution in [0.5, 0.6) is 0 Å². The first-order valence-corrected chi connectivity index (χ1v) is 5.68. The molecule has 0 unspecified atom stereocenters. The minimum atomic E-state index is -0.595. The lowest BCUT2D eigenvalue weighted by atomic mass is 10.2. The molecule has 0 radical (unpaired) electrons. The van der Waals surface area contributed by atoms with E-state index in [4.69, 9.17) is 17.3 Å². The minimum absolute atomic E-state index is 0.128. The zero-order valence-corrected chi connectivity index (χ0v) is 10.7. The van der Waals surface area contributed by atoms with Gasteiger partial charge >= 0.3 is 0 Å². The van der Waals surface area contributed by atoms with Crippen LogP contribution in [0.3, 0.4) is 0 Å². The van der Waals surface area contributed by atoms with Gasteiger partial charge in [0.1, 0.15) is 5.69 Å². The van der Waals surface area contributed by atoms with Crippen molar-refractivity contribution in [3.63, 3.8) is 0 Å². The van der Waals surface area contributed by atoms with Gasteiger partial charge < -0.3 is 11.5 Å². The summed E-state index contributed by atoms with van der Waals surface area (Å²) in [5.41, 5.74) is 12.7. The van der Waals surface area contributed by atoms with E-state index in [1.807, 2.05) is 5.43 Å². The maximum absolute atomic E-state index is 11.3. The summed E-state index contributed by atoms with van der Waals surface area (Å²) in [6.45, 7) is -0.132. The van der Waals surface area contributed by atoms with Crippen molar-refractivity contribution in [1.82, 2.24) is 15.3 Å². The third-order valence-electron chi connectivity index (χ3n) is 2.31. The number of hydrazine groups is 1. The molecular formula is C11H16N6O3. The molecule has 0 bridgehead atoms. The van der Waals surface area contributed by atoms with Gasteiger partial charge in [-0.3, -0.25) is 24.7 Å². The molecule has 0 saturated heterocycles. The predicted octanol–water partition coefficient (Wildman–Crippen LogP) is -2.54. The van der Waals surface area contributed by atoms with Crippen molar-refractivity contribution in [3.8, 4) is 0 Å². The number of pyridine rings is 1. The van der Waals surface area contributed by atoms with E-state index in [-0.39, 0.29) is 25.3 Å². The van der Waals surface area contributed by atoms with Gasteiger partial charge in [-0.1, -0.05) is 6.07 Å². The molecule has 20 heavy (non-hydrogen) atoms. The van der Waals surface area contributed by atoms with Gasteiger partial charge in [-0.15, -0.1) is 0 Å². The second-order valence-electron chi connectivity index (χ2n) is 4.07. The second kappa shape index (κ2) is 7.16. The Morgan fingerprint density at radius 1 is 1.15 bits per heavy atom. The number of hydrogen-bond donors (Lipinski definition) is 4. The number of amides is 3. The summed E-state index contributed by atoms with van der Waals surface area (Å²) in [6, 6.07) is 4.74. The zero-order chi connectivity index (χ0) is 15.1. The van der Waals surface area contributed by atoms with Gasteiger partial charge in [0.05, 0.1) is 18.8 Å². The number of nitrogen functional groups attached to an aromatic ring is 1. The van der Waals surface area contributed by atoms with Gasteiger partial charge in [0.25, 0.3) is 5.91 Å². The van der Waals surface area contributed by atoms with Crippen LogP contribution in [0.2, 0.25) is 0 Å². The van der Waals surface area contributed by atoms with Gasteiger partial charge in [0.2, 0.25) is 11.8 Å². The first-order chi connectivity index (χ1) is 9.42. The normalized spacial score (nSPS) is 10.3. The molecule has 0 aliphatic heterocycles.